The van der Waals surface area contributed by atoms with E-state index in [1.54, 1.807) is 30.0 Å². The SMILES string of the molecule is CNC[C@@H]1Oc2ccc(NS(=O)(=O)c3ccc(Cl)cc3)cc2CC(=O)N([C@@H](C)CO)C[C@H]1C. The molecule has 2 aromatic rings. The van der Waals surface area contributed by atoms with Gasteiger partial charge in [-0.25, -0.2) is 8.42 Å². The van der Waals surface area contributed by atoms with Crippen molar-refractivity contribution < 1.29 is 23.1 Å². The molecule has 180 valence electrons. The molecule has 0 saturated carbocycles. The number of nitrogens with zero attached hydrogens (tertiary/aromatic N) is 1. The predicted molar refractivity (Wildman–Crippen MR) is 128 cm³/mol. The minimum Gasteiger partial charge on any atom is -0.488 e. The summed E-state index contributed by atoms with van der Waals surface area (Å²) >= 11 is 5.86. The number of carbonyl (C=O) groups excluding carboxylic acids is 1. The van der Waals surface area contributed by atoms with Crippen LogP contribution in [0.25, 0.3) is 0 Å². The molecule has 0 aliphatic carbocycles. The van der Waals surface area contributed by atoms with Gasteiger partial charge in [-0.15, -0.1) is 0 Å². The van der Waals surface area contributed by atoms with Crippen LogP contribution in [0.2, 0.25) is 5.02 Å². The maximum atomic E-state index is 13.1. The predicted octanol–water partition coefficient (Wildman–Crippen LogP) is 2.51. The summed E-state index contributed by atoms with van der Waals surface area (Å²) in [5.41, 5.74) is 0.890. The normalized spacial score (nSPS) is 20.2. The number of fused-ring (bicyclic) bond motifs is 1. The van der Waals surface area contributed by atoms with Crippen molar-refractivity contribution in [3.63, 3.8) is 0 Å². The molecule has 10 heteroatoms. The number of carbonyl (C=O) groups is 1. The zero-order valence-electron chi connectivity index (χ0n) is 18.9. The van der Waals surface area contributed by atoms with E-state index in [2.05, 4.69) is 10.0 Å². The number of hydrogen-bond donors (Lipinski definition) is 3. The Morgan fingerprint density at radius 3 is 2.58 bits per heavy atom. The lowest BCUT2D eigenvalue weighted by molar-refractivity contribution is -0.134. The number of sulfonamides is 1. The highest BCUT2D eigenvalue weighted by Gasteiger charge is 2.30. The molecule has 0 aromatic heterocycles. The summed E-state index contributed by atoms with van der Waals surface area (Å²) in [5.74, 6) is 0.379. The van der Waals surface area contributed by atoms with E-state index in [1.807, 2.05) is 14.0 Å². The summed E-state index contributed by atoms with van der Waals surface area (Å²) in [5, 5.41) is 13.2. The topological polar surface area (TPSA) is 108 Å². The Labute approximate surface area is 199 Å². The molecule has 33 heavy (non-hydrogen) atoms. The second-order valence-electron chi connectivity index (χ2n) is 8.33. The molecule has 8 nitrogen and oxygen atoms in total. The molecule has 0 radical (unpaired) electrons. The minimum absolute atomic E-state index is 0.00411. The van der Waals surface area contributed by atoms with E-state index in [-0.39, 0.29) is 41.9 Å². The minimum atomic E-state index is -3.84. The fourth-order valence-corrected chi connectivity index (χ4v) is 4.94. The Morgan fingerprint density at radius 1 is 1.24 bits per heavy atom. The van der Waals surface area contributed by atoms with Crippen molar-refractivity contribution in [2.24, 2.45) is 5.92 Å². The van der Waals surface area contributed by atoms with Crippen LogP contribution in [0, 0.1) is 5.92 Å². The number of anilines is 1. The Balaban J connectivity index is 1.95. The number of halogens is 1. The number of nitrogens with one attached hydrogen (secondary N) is 2. The van der Waals surface area contributed by atoms with Gasteiger partial charge in [0.25, 0.3) is 10.0 Å². The molecule has 1 amide bonds. The average Bonchev–Trinajstić information content (AvgIpc) is 2.81. The van der Waals surface area contributed by atoms with E-state index in [9.17, 15) is 18.3 Å². The second kappa shape index (κ2) is 10.7. The molecule has 0 spiro atoms. The standard InChI is InChI=1S/C23H30ClN3O5S/c1-15-13-27(16(2)14-28)23(29)11-17-10-19(6-9-21(17)32-22(15)12-25-3)26-33(30,31)20-7-4-18(24)5-8-20/h4-10,15-16,22,25-26,28H,11-14H2,1-3H3/t15-,16+,22+/m1/s1. The Morgan fingerprint density at radius 2 is 1.94 bits per heavy atom. The Bertz CT molecular complexity index is 1080. The Hall–Kier alpha value is -2.33. The number of amides is 1. The number of ether oxygens (including phenoxy) is 1. The summed E-state index contributed by atoms with van der Waals surface area (Å²) in [6, 6.07) is 10.4. The quantitative estimate of drug-likeness (QED) is 0.544. The summed E-state index contributed by atoms with van der Waals surface area (Å²) in [4.78, 5) is 14.9. The van der Waals surface area contributed by atoms with E-state index in [0.717, 1.165) is 0 Å². The molecule has 1 heterocycles. The first-order chi connectivity index (χ1) is 15.6. The van der Waals surface area contributed by atoms with Crippen LogP contribution in [0.4, 0.5) is 5.69 Å². The molecular formula is C23H30ClN3O5S. The molecule has 0 bridgehead atoms. The number of likely N-dealkylation sites (N-methyl/N-ethyl adjacent to an activating group) is 1. The van der Waals surface area contributed by atoms with Gasteiger partial charge in [-0.2, -0.15) is 0 Å². The summed E-state index contributed by atoms with van der Waals surface area (Å²) < 4.78 is 34.4. The maximum absolute atomic E-state index is 13.1. The van der Waals surface area contributed by atoms with Crippen molar-refractivity contribution in [2.45, 2.75) is 37.3 Å². The van der Waals surface area contributed by atoms with Crippen molar-refractivity contribution >= 4 is 33.2 Å². The molecule has 2 aromatic carbocycles. The highest BCUT2D eigenvalue weighted by atomic mass is 35.5. The van der Waals surface area contributed by atoms with Crippen molar-refractivity contribution in [1.29, 1.82) is 0 Å². The lowest BCUT2D eigenvalue weighted by Gasteiger charge is -2.32. The largest absolute Gasteiger partial charge is 0.488 e. The van der Waals surface area contributed by atoms with Crippen LogP contribution in [0.15, 0.2) is 47.4 Å². The number of rotatable bonds is 7. The summed E-state index contributed by atoms with van der Waals surface area (Å²) in [6.07, 6.45) is -0.195. The van der Waals surface area contributed by atoms with Gasteiger partial charge in [0.05, 0.1) is 24.0 Å². The number of benzene rings is 2. The molecule has 0 unspecified atom stereocenters. The molecule has 3 N–H and O–H groups in total. The van der Waals surface area contributed by atoms with Crippen LogP contribution in [0.5, 0.6) is 5.75 Å². The first-order valence-electron chi connectivity index (χ1n) is 10.8. The van der Waals surface area contributed by atoms with Gasteiger partial charge in [-0.3, -0.25) is 9.52 Å². The monoisotopic (exact) mass is 495 g/mol. The highest BCUT2D eigenvalue weighted by Crippen LogP contribution is 2.30. The third-order valence-electron chi connectivity index (χ3n) is 5.70. The van der Waals surface area contributed by atoms with Crippen LogP contribution < -0.4 is 14.8 Å². The Kier molecular flexibility index (Phi) is 8.23. The molecule has 3 rings (SSSR count). The van der Waals surface area contributed by atoms with E-state index in [0.29, 0.717) is 35.1 Å². The van der Waals surface area contributed by atoms with Crippen LogP contribution >= 0.6 is 11.6 Å². The number of hydrogen-bond acceptors (Lipinski definition) is 6. The zero-order valence-corrected chi connectivity index (χ0v) is 20.5. The van der Waals surface area contributed by atoms with Crippen LogP contribution in [0.1, 0.15) is 19.4 Å². The lowest BCUT2D eigenvalue weighted by Crippen LogP contribution is -2.47. The van der Waals surface area contributed by atoms with Gasteiger partial charge < -0.3 is 20.1 Å². The van der Waals surface area contributed by atoms with E-state index < -0.39 is 10.0 Å². The van der Waals surface area contributed by atoms with E-state index >= 15 is 0 Å². The van der Waals surface area contributed by atoms with E-state index in [4.69, 9.17) is 16.3 Å². The number of aliphatic hydroxyl groups excluding tert-OH is 1. The van der Waals surface area contributed by atoms with Gasteiger partial charge in [0.2, 0.25) is 5.91 Å². The third-order valence-corrected chi connectivity index (χ3v) is 7.35. The molecule has 0 fully saturated rings. The van der Waals surface area contributed by atoms with Crippen LogP contribution in [-0.2, 0) is 21.2 Å². The van der Waals surface area contributed by atoms with E-state index in [1.165, 1.54) is 24.3 Å². The molecular weight excluding hydrogens is 466 g/mol. The van der Waals surface area contributed by atoms with Gasteiger partial charge in [-0.1, -0.05) is 18.5 Å². The molecule has 3 atom stereocenters. The van der Waals surface area contributed by atoms with Crippen molar-refractivity contribution in [3.05, 3.63) is 53.1 Å². The van der Waals surface area contributed by atoms with Crippen molar-refractivity contribution in [2.75, 3.05) is 31.5 Å². The zero-order chi connectivity index (χ0) is 24.2. The average molecular weight is 496 g/mol. The van der Waals surface area contributed by atoms with Gasteiger partial charge in [0.1, 0.15) is 11.9 Å². The van der Waals surface area contributed by atoms with Crippen molar-refractivity contribution in [3.8, 4) is 5.75 Å². The number of aliphatic hydroxyl groups is 1. The maximum Gasteiger partial charge on any atom is 0.261 e. The van der Waals surface area contributed by atoms with Crippen LogP contribution in [-0.4, -0.2) is 63.2 Å². The van der Waals surface area contributed by atoms with Crippen LogP contribution in [0.3, 0.4) is 0 Å². The molecule has 0 saturated heterocycles. The summed E-state index contributed by atoms with van der Waals surface area (Å²) in [7, 11) is -2.01. The van der Waals surface area contributed by atoms with Gasteiger partial charge >= 0.3 is 0 Å². The first kappa shape index (κ1) is 25.3. The summed E-state index contributed by atoms with van der Waals surface area (Å²) in [6.45, 7) is 4.67. The van der Waals surface area contributed by atoms with Gasteiger partial charge in [0.15, 0.2) is 0 Å². The second-order valence-corrected chi connectivity index (χ2v) is 10.4. The fourth-order valence-electron chi connectivity index (χ4n) is 3.77. The third kappa shape index (κ3) is 6.17. The van der Waals surface area contributed by atoms with Gasteiger partial charge in [-0.05, 0) is 56.4 Å². The lowest BCUT2D eigenvalue weighted by atomic mass is 10.0. The smallest absolute Gasteiger partial charge is 0.261 e. The first-order valence-corrected chi connectivity index (χ1v) is 12.6. The molecule has 1 aliphatic rings. The van der Waals surface area contributed by atoms with Crippen molar-refractivity contribution in [1.82, 2.24) is 10.2 Å². The fraction of sp³-hybridized carbons (Fsp3) is 0.435. The molecule has 1 aliphatic heterocycles. The van der Waals surface area contributed by atoms with Gasteiger partial charge in [0, 0.05) is 35.3 Å². The highest BCUT2D eigenvalue weighted by molar-refractivity contribution is 7.92.